The molecule has 0 heterocycles. The van der Waals surface area contributed by atoms with Gasteiger partial charge >= 0.3 is 6.18 Å². The molecule has 3 nitrogen and oxygen atoms in total. The predicted octanol–water partition coefficient (Wildman–Crippen LogP) is 2.88. The zero-order valence-electron chi connectivity index (χ0n) is 11.1. The molecule has 0 aliphatic carbocycles. The Morgan fingerprint density at radius 1 is 1.35 bits per heavy atom. The predicted molar refractivity (Wildman–Crippen MR) is 69.0 cm³/mol. The van der Waals surface area contributed by atoms with Gasteiger partial charge in [0.15, 0.2) is 0 Å². The second-order valence-electron chi connectivity index (χ2n) is 4.55. The average Bonchev–Trinajstić information content (AvgIpc) is 2.29. The summed E-state index contributed by atoms with van der Waals surface area (Å²) in [6, 6.07) is 3.86. The first-order valence-corrected chi connectivity index (χ1v) is 6.15. The monoisotopic (exact) mass is 291 g/mol. The molecule has 7 heteroatoms. The topological polar surface area (TPSA) is 53.1 Å². The number of rotatable bonds is 6. The lowest BCUT2D eigenvalue weighted by Gasteiger charge is -2.23. The van der Waals surface area contributed by atoms with E-state index in [1.165, 1.54) is 12.1 Å². The largest absolute Gasteiger partial charge is 0.401 e. The van der Waals surface area contributed by atoms with Gasteiger partial charge in [0.2, 0.25) is 0 Å². The maximum absolute atomic E-state index is 13.8. The Bertz CT molecular complexity index is 471. The van der Waals surface area contributed by atoms with Gasteiger partial charge in [0, 0.05) is 17.7 Å². The number of nitrogen functional groups attached to an aromatic ring is 1. The fraction of sp³-hybridized carbons (Fsp3) is 0.462. The van der Waals surface area contributed by atoms with E-state index in [0.29, 0.717) is 6.42 Å². The minimum atomic E-state index is -4.31. The summed E-state index contributed by atoms with van der Waals surface area (Å²) in [6.07, 6.45) is -3.77. The Morgan fingerprint density at radius 2 is 2.00 bits per heavy atom. The SMILES string of the molecule is CCCN(Cc1ccc(C(=N)N)cc1F)CC(F)(F)F. The number of nitrogens with zero attached hydrogens (tertiary/aromatic N) is 1. The van der Waals surface area contributed by atoms with Gasteiger partial charge in [0.1, 0.15) is 11.7 Å². The van der Waals surface area contributed by atoms with Gasteiger partial charge in [-0.2, -0.15) is 13.2 Å². The standard InChI is InChI=1S/C13H17F4N3/c1-2-5-20(8-13(15,16)17)7-10-4-3-9(12(18)19)6-11(10)14/h3-4,6H,2,5,7-8H2,1H3,(H3,18,19). The molecule has 0 bridgehead atoms. The van der Waals surface area contributed by atoms with Crippen LogP contribution in [0.4, 0.5) is 17.6 Å². The number of alkyl halides is 3. The molecular weight excluding hydrogens is 274 g/mol. The van der Waals surface area contributed by atoms with Crippen LogP contribution in [-0.4, -0.2) is 30.0 Å². The number of nitrogens with one attached hydrogen (secondary N) is 1. The molecule has 0 amide bonds. The van der Waals surface area contributed by atoms with Crippen molar-refractivity contribution in [2.45, 2.75) is 26.1 Å². The van der Waals surface area contributed by atoms with E-state index in [0.717, 1.165) is 11.0 Å². The van der Waals surface area contributed by atoms with Crippen molar-refractivity contribution >= 4 is 5.84 Å². The summed E-state index contributed by atoms with van der Waals surface area (Å²) in [5.41, 5.74) is 5.59. The molecule has 1 rings (SSSR count). The molecule has 3 N–H and O–H groups in total. The van der Waals surface area contributed by atoms with Crippen LogP contribution in [0.5, 0.6) is 0 Å². The second kappa shape index (κ2) is 6.69. The molecule has 0 aliphatic rings. The number of amidine groups is 1. The molecule has 20 heavy (non-hydrogen) atoms. The second-order valence-corrected chi connectivity index (χ2v) is 4.55. The van der Waals surface area contributed by atoms with Crippen molar-refractivity contribution in [1.29, 1.82) is 5.41 Å². The van der Waals surface area contributed by atoms with E-state index < -0.39 is 18.5 Å². The van der Waals surface area contributed by atoms with Gasteiger partial charge in [-0.25, -0.2) is 4.39 Å². The van der Waals surface area contributed by atoms with Crippen LogP contribution in [0.2, 0.25) is 0 Å². The Hall–Kier alpha value is -1.63. The summed E-state index contributed by atoms with van der Waals surface area (Å²) < 4.78 is 51.1. The highest BCUT2D eigenvalue weighted by atomic mass is 19.4. The van der Waals surface area contributed by atoms with Crippen molar-refractivity contribution in [1.82, 2.24) is 4.90 Å². The van der Waals surface area contributed by atoms with Gasteiger partial charge in [-0.1, -0.05) is 19.1 Å². The van der Waals surface area contributed by atoms with Crippen molar-refractivity contribution in [3.8, 4) is 0 Å². The van der Waals surface area contributed by atoms with Gasteiger partial charge in [0.25, 0.3) is 0 Å². The maximum Gasteiger partial charge on any atom is 0.401 e. The van der Waals surface area contributed by atoms with Crippen LogP contribution in [0.1, 0.15) is 24.5 Å². The number of nitrogens with two attached hydrogens (primary N) is 1. The first kappa shape index (κ1) is 16.4. The minimum absolute atomic E-state index is 0.128. The summed E-state index contributed by atoms with van der Waals surface area (Å²) in [5.74, 6) is -0.933. The van der Waals surface area contributed by atoms with Crippen LogP contribution >= 0.6 is 0 Å². The molecule has 0 aliphatic heterocycles. The van der Waals surface area contributed by atoms with Gasteiger partial charge in [-0.3, -0.25) is 10.3 Å². The molecule has 0 aromatic heterocycles. The first-order chi connectivity index (χ1) is 9.23. The zero-order valence-corrected chi connectivity index (χ0v) is 11.1. The van der Waals surface area contributed by atoms with Crippen molar-refractivity contribution in [3.63, 3.8) is 0 Å². The molecule has 112 valence electrons. The van der Waals surface area contributed by atoms with Crippen LogP contribution in [-0.2, 0) is 6.54 Å². The number of hydrogen-bond acceptors (Lipinski definition) is 2. The maximum atomic E-state index is 13.8. The average molecular weight is 291 g/mol. The van der Waals surface area contributed by atoms with E-state index in [1.54, 1.807) is 6.92 Å². The van der Waals surface area contributed by atoms with E-state index >= 15 is 0 Å². The molecule has 0 radical (unpaired) electrons. The van der Waals surface area contributed by atoms with Crippen molar-refractivity contribution in [2.24, 2.45) is 5.73 Å². The van der Waals surface area contributed by atoms with Gasteiger partial charge in [0.05, 0.1) is 6.54 Å². The molecule has 0 saturated heterocycles. The zero-order chi connectivity index (χ0) is 15.3. The number of halogens is 4. The summed E-state index contributed by atoms with van der Waals surface area (Å²) in [5, 5.41) is 7.18. The highest BCUT2D eigenvalue weighted by molar-refractivity contribution is 5.94. The van der Waals surface area contributed by atoms with Gasteiger partial charge in [-0.15, -0.1) is 0 Å². The smallest absolute Gasteiger partial charge is 0.384 e. The number of hydrogen-bond donors (Lipinski definition) is 2. The van der Waals surface area contributed by atoms with Crippen molar-refractivity contribution < 1.29 is 17.6 Å². The highest BCUT2D eigenvalue weighted by Crippen LogP contribution is 2.19. The molecule has 0 spiro atoms. The molecule has 0 atom stereocenters. The normalized spacial score (nSPS) is 11.9. The lowest BCUT2D eigenvalue weighted by molar-refractivity contribution is -0.147. The molecule has 1 aromatic rings. The number of benzene rings is 1. The third kappa shape index (κ3) is 5.16. The molecule has 0 saturated carbocycles. The molecular formula is C13H17F4N3. The summed E-state index contributed by atoms with van der Waals surface area (Å²) >= 11 is 0. The summed E-state index contributed by atoms with van der Waals surface area (Å²) in [7, 11) is 0. The molecule has 1 aromatic carbocycles. The minimum Gasteiger partial charge on any atom is -0.384 e. The third-order valence-electron chi connectivity index (χ3n) is 2.70. The van der Waals surface area contributed by atoms with Crippen molar-refractivity contribution in [2.75, 3.05) is 13.1 Å². The van der Waals surface area contributed by atoms with Crippen LogP contribution in [0.15, 0.2) is 18.2 Å². The van der Waals surface area contributed by atoms with E-state index in [2.05, 4.69) is 0 Å². The third-order valence-corrected chi connectivity index (χ3v) is 2.70. The van der Waals surface area contributed by atoms with E-state index in [9.17, 15) is 17.6 Å². The van der Waals surface area contributed by atoms with Gasteiger partial charge in [-0.05, 0) is 19.0 Å². The quantitative estimate of drug-likeness (QED) is 0.481. The van der Waals surface area contributed by atoms with E-state index in [-0.39, 0.29) is 30.1 Å². The van der Waals surface area contributed by atoms with Crippen LogP contribution in [0.3, 0.4) is 0 Å². The summed E-state index contributed by atoms with van der Waals surface area (Å²) in [4.78, 5) is 1.14. The van der Waals surface area contributed by atoms with E-state index in [4.69, 9.17) is 11.1 Å². The van der Waals surface area contributed by atoms with Crippen LogP contribution in [0.25, 0.3) is 0 Å². The molecule has 0 fully saturated rings. The van der Waals surface area contributed by atoms with E-state index in [1.807, 2.05) is 0 Å². The van der Waals surface area contributed by atoms with Gasteiger partial charge < -0.3 is 5.73 Å². The lowest BCUT2D eigenvalue weighted by atomic mass is 10.1. The van der Waals surface area contributed by atoms with Crippen molar-refractivity contribution in [3.05, 3.63) is 35.1 Å². The Morgan fingerprint density at radius 3 is 2.45 bits per heavy atom. The van der Waals surface area contributed by atoms with Crippen LogP contribution in [0, 0.1) is 11.2 Å². The van der Waals surface area contributed by atoms with Crippen LogP contribution < -0.4 is 5.73 Å². The Balaban J connectivity index is 2.85. The lowest BCUT2D eigenvalue weighted by Crippen LogP contribution is -2.34. The Kier molecular flexibility index (Phi) is 5.50. The highest BCUT2D eigenvalue weighted by Gasteiger charge is 2.30. The summed E-state index contributed by atoms with van der Waals surface area (Å²) in [6.45, 7) is 0.790. The molecule has 0 unspecified atom stereocenters. The fourth-order valence-corrected chi connectivity index (χ4v) is 1.87. The fourth-order valence-electron chi connectivity index (χ4n) is 1.87. The first-order valence-electron chi connectivity index (χ1n) is 6.15. The Labute approximate surface area is 114 Å².